The SMILES string of the molecule is CC(C)(C)c1ccc(C(=O)/C=C(\C(=O)c2ccc(C(=O)NCCC(=O)O)cc2)c2ccc(OC(F)(F)F)cc2)cc1.O=C(O)CCNC(=O)c1ccc(C(=O)C(CC(=O)c2cc(C(F)(F)F)cc(C(F)(F)F)c2)c2ccc(C3CCCCC3)cc2)cc1. The van der Waals surface area contributed by atoms with Crippen LogP contribution in [0.15, 0.2) is 146 Å². The number of amides is 2. The van der Waals surface area contributed by atoms with Gasteiger partial charge in [0.2, 0.25) is 0 Å². The van der Waals surface area contributed by atoms with E-state index in [0.29, 0.717) is 29.2 Å². The highest BCUT2D eigenvalue weighted by Gasteiger charge is 2.38. The molecule has 4 N–H and O–H groups in total. The number of alkyl halides is 9. The molecule has 0 bridgehead atoms. The lowest BCUT2D eigenvalue weighted by Gasteiger charge is -2.23. The van der Waals surface area contributed by atoms with Gasteiger partial charge in [0, 0.05) is 58.5 Å². The zero-order valence-corrected chi connectivity index (χ0v) is 47.1. The van der Waals surface area contributed by atoms with Crippen molar-refractivity contribution in [3.63, 3.8) is 0 Å². The van der Waals surface area contributed by atoms with Crippen LogP contribution in [-0.2, 0) is 27.4 Å². The summed E-state index contributed by atoms with van der Waals surface area (Å²) in [6, 6.07) is 29.8. The predicted molar refractivity (Wildman–Crippen MR) is 302 cm³/mol. The lowest BCUT2D eigenvalue weighted by molar-refractivity contribution is -0.274. The van der Waals surface area contributed by atoms with Gasteiger partial charge in [-0.25, -0.2) is 0 Å². The second kappa shape index (κ2) is 28.8. The molecule has 22 heteroatoms. The first-order chi connectivity index (χ1) is 40.8. The van der Waals surface area contributed by atoms with Gasteiger partial charge in [0.25, 0.3) is 11.8 Å². The third kappa shape index (κ3) is 19.7. The second-order valence-electron chi connectivity index (χ2n) is 21.4. The largest absolute Gasteiger partial charge is 0.573 e. The van der Waals surface area contributed by atoms with Gasteiger partial charge in [-0.05, 0) is 107 Å². The number of ketones is 4. The van der Waals surface area contributed by atoms with Gasteiger partial charge in [0.05, 0.1) is 29.9 Å². The Kier molecular flexibility index (Phi) is 22.1. The number of ether oxygens (including phenoxy) is 1. The van der Waals surface area contributed by atoms with Crippen LogP contribution in [0, 0.1) is 0 Å². The maximum Gasteiger partial charge on any atom is 0.573 e. The van der Waals surface area contributed by atoms with Crippen LogP contribution < -0.4 is 15.4 Å². The number of Topliss-reactive ketones (excluding diaryl/α,β-unsaturated/α-hetero) is 3. The molecule has 1 atom stereocenters. The first-order valence-electron chi connectivity index (χ1n) is 27.2. The quantitative estimate of drug-likeness (QED) is 0.0302. The molecule has 7 rings (SSSR count). The smallest absolute Gasteiger partial charge is 0.481 e. The van der Waals surface area contributed by atoms with Crippen LogP contribution in [0.2, 0.25) is 0 Å². The monoisotopic (exact) mass is 1210 g/mol. The molecule has 0 aliphatic heterocycles. The Labute approximate surface area is 493 Å². The summed E-state index contributed by atoms with van der Waals surface area (Å²) in [6.07, 6.45) is -10.1. The van der Waals surface area contributed by atoms with Gasteiger partial charge in [0.1, 0.15) is 5.75 Å². The molecule has 13 nitrogen and oxygen atoms in total. The van der Waals surface area contributed by atoms with Gasteiger partial charge in [-0.15, -0.1) is 13.2 Å². The molecule has 87 heavy (non-hydrogen) atoms. The van der Waals surface area contributed by atoms with Crippen molar-refractivity contribution in [1.82, 2.24) is 10.6 Å². The summed E-state index contributed by atoms with van der Waals surface area (Å²) in [5.74, 6) is -7.52. The summed E-state index contributed by atoms with van der Waals surface area (Å²) >= 11 is 0. The maximum atomic E-state index is 13.8. The minimum Gasteiger partial charge on any atom is -0.481 e. The molecule has 1 fully saturated rings. The molecule has 0 radical (unpaired) electrons. The van der Waals surface area contributed by atoms with Crippen LogP contribution in [0.5, 0.6) is 5.75 Å². The number of hydrogen-bond donors (Lipinski definition) is 4. The number of aliphatic carboxylic acids is 2. The highest BCUT2D eigenvalue weighted by atomic mass is 19.4. The number of rotatable bonds is 21. The number of nitrogens with one attached hydrogen (secondary N) is 2. The van der Waals surface area contributed by atoms with E-state index in [-0.39, 0.29) is 70.8 Å². The molecule has 0 heterocycles. The van der Waals surface area contributed by atoms with E-state index in [2.05, 4.69) is 15.4 Å². The first kappa shape index (κ1) is 66.9. The molecule has 6 aromatic carbocycles. The van der Waals surface area contributed by atoms with Crippen molar-refractivity contribution in [1.29, 1.82) is 0 Å². The summed E-state index contributed by atoms with van der Waals surface area (Å²) in [4.78, 5) is 99.8. The molecule has 0 aromatic heterocycles. The molecule has 1 aliphatic rings. The molecular weight excluding hydrogens is 1160 g/mol. The first-order valence-corrected chi connectivity index (χ1v) is 27.2. The van der Waals surface area contributed by atoms with Crippen LogP contribution in [0.1, 0.15) is 180 Å². The Morgan fingerprint density at radius 1 is 0.529 bits per heavy atom. The topological polar surface area (TPSA) is 210 Å². The fourth-order valence-corrected chi connectivity index (χ4v) is 9.37. The molecule has 0 spiro atoms. The molecule has 0 saturated heterocycles. The molecule has 458 valence electrons. The van der Waals surface area contributed by atoms with Crippen molar-refractivity contribution < 1.29 is 92.8 Å². The molecule has 6 aromatic rings. The average Bonchev–Trinajstić information content (AvgIpc) is 1.62. The predicted octanol–water partition coefficient (Wildman–Crippen LogP) is 14.5. The van der Waals surface area contributed by atoms with Crippen molar-refractivity contribution in [2.75, 3.05) is 13.1 Å². The third-order valence-electron chi connectivity index (χ3n) is 14.1. The molecule has 1 unspecified atom stereocenters. The normalized spacial score (nSPS) is 13.5. The van der Waals surface area contributed by atoms with Gasteiger partial charge < -0.3 is 25.6 Å². The number of carboxylic acid groups (broad SMARTS) is 2. The second-order valence-corrected chi connectivity index (χ2v) is 21.4. The highest BCUT2D eigenvalue weighted by molar-refractivity contribution is 6.32. The maximum absolute atomic E-state index is 13.8. The lowest BCUT2D eigenvalue weighted by atomic mass is 9.81. The Hall–Kier alpha value is -9.21. The average molecular weight is 1220 g/mol. The summed E-state index contributed by atoms with van der Waals surface area (Å²) in [6.45, 7) is 5.88. The highest BCUT2D eigenvalue weighted by Crippen LogP contribution is 2.39. The van der Waals surface area contributed by atoms with Gasteiger partial charge in [-0.3, -0.25) is 38.4 Å². The minimum absolute atomic E-state index is 0.0521. The van der Waals surface area contributed by atoms with Crippen molar-refractivity contribution in [2.24, 2.45) is 0 Å². The standard InChI is InChI=1S/C34H31F6NO5.C31H28F3NO6/c35-33(36,37)26-16-25(17-27(18-26)34(38,39)40)29(42)19-28(22-8-6-21(7-9-22)20-4-2-1-3-5-20)31(45)23-10-12-24(13-11-23)32(46)41-15-14-30(43)44;1-30(2,3)23-12-8-20(9-13-23)26(36)18-25(19-10-14-24(15-11-19)41-31(32,33)34)28(39)21-4-6-22(7-5-21)29(40)35-17-16-27(37)38/h6-13,16-18,20,28H,1-5,14-15,19H2,(H,41,46)(H,43,44);4-15,18H,16-17H2,1-3H3,(H,35,40)(H,37,38)/b;25-18-. The van der Waals surface area contributed by atoms with Crippen LogP contribution in [0.25, 0.3) is 5.57 Å². The van der Waals surface area contributed by atoms with Gasteiger partial charge in [-0.2, -0.15) is 26.3 Å². The number of carbonyl (C=O) groups excluding carboxylic acids is 6. The van der Waals surface area contributed by atoms with Crippen molar-refractivity contribution >= 4 is 52.5 Å². The number of hydrogen-bond acceptors (Lipinski definition) is 9. The Morgan fingerprint density at radius 3 is 1.43 bits per heavy atom. The van der Waals surface area contributed by atoms with Crippen LogP contribution >= 0.6 is 0 Å². The summed E-state index contributed by atoms with van der Waals surface area (Å²) in [5, 5.41) is 22.3. The summed E-state index contributed by atoms with van der Waals surface area (Å²) in [5.41, 5.74) is -0.960. The molecule has 1 saturated carbocycles. The van der Waals surface area contributed by atoms with Gasteiger partial charge in [-0.1, -0.05) is 125 Å². The number of allylic oxidation sites excluding steroid dienone is 2. The number of carboxylic acids is 2. The van der Waals surface area contributed by atoms with Crippen LogP contribution in [-0.4, -0.2) is 76.6 Å². The van der Waals surface area contributed by atoms with Crippen molar-refractivity contribution in [3.8, 4) is 5.75 Å². The van der Waals surface area contributed by atoms with Crippen LogP contribution in [0.4, 0.5) is 39.5 Å². The summed E-state index contributed by atoms with van der Waals surface area (Å²) < 4.78 is 123. The van der Waals surface area contributed by atoms with E-state index in [9.17, 15) is 77.9 Å². The molecule has 2 amide bonds. The molecular formula is C65H59F9N2O11. The van der Waals surface area contributed by atoms with Gasteiger partial charge >= 0.3 is 30.7 Å². The number of carbonyl (C=O) groups is 8. The number of halogens is 9. The Morgan fingerprint density at radius 2 is 0.977 bits per heavy atom. The van der Waals surface area contributed by atoms with E-state index in [4.69, 9.17) is 10.2 Å². The van der Waals surface area contributed by atoms with Crippen molar-refractivity contribution in [3.05, 3.63) is 212 Å². The summed E-state index contributed by atoms with van der Waals surface area (Å²) in [7, 11) is 0. The van der Waals surface area contributed by atoms with Crippen molar-refractivity contribution in [2.45, 2.75) is 108 Å². The Balaban J connectivity index is 0.000000280. The third-order valence-corrected chi connectivity index (χ3v) is 14.1. The molecule has 1 aliphatic carbocycles. The van der Waals surface area contributed by atoms with E-state index in [0.717, 1.165) is 61.4 Å². The fraction of sp³-hybridized carbons (Fsp3) is 0.292. The van der Waals surface area contributed by atoms with Crippen LogP contribution in [0.3, 0.4) is 0 Å². The Bertz CT molecular complexity index is 3460. The van der Waals surface area contributed by atoms with E-state index < -0.39 is 100 Å². The minimum atomic E-state index is -5.15. The number of benzene rings is 6. The fourth-order valence-electron chi connectivity index (χ4n) is 9.37. The zero-order valence-electron chi connectivity index (χ0n) is 47.1. The van der Waals surface area contributed by atoms with E-state index in [1.54, 1.807) is 24.3 Å². The lowest BCUT2D eigenvalue weighted by Crippen LogP contribution is -2.26. The van der Waals surface area contributed by atoms with Gasteiger partial charge in [0.15, 0.2) is 23.1 Å². The van der Waals surface area contributed by atoms with E-state index in [1.807, 2.05) is 45.0 Å². The van der Waals surface area contributed by atoms with E-state index >= 15 is 0 Å². The zero-order chi connectivity index (χ0) is 64.0. The van der Waals surface area contributed by atoms with E-state index in [1.165, 1.54) is 60.7 Å².